The van der Waals surface area contributed by atoms with Crippen LogP contribution >= 0.6 is 11.6 Å². The summed E-state index contributed by atoms with van der Waals surface area (Å²) in [6.45, 7) is 0. The Labute approximate surface area is 123 Å². The Kier molecular flexibility index (Phi) is 3.87. The third-order valence-corrected chi connectivity index (χ3v) is 3.03. The fraction of sp³-hybridized carbons (Fsp3) is 0.154. The Morgan fingerprint density at radius 2 is 2.00 bits per heavy atom. The summed E-state index contributed by atoms with van der Waals surface area (Å²) in [4.78, 5) is 12.0. The second kappa shape index (κ2) is 5.33. The van der Waals surface area contributed by atoms with Gasteiger partial charge in [0, 0.05) is 18.3 Å². The van der Waals surface area contributed by atoms with Crippen LogP contribution in [0.1, 0.15) is 16.1 Å². The maximum atomic E-state index is 12.9. The standard InChI is InChI=1S/C13H11ClF3N3O/c1-20-6-8(18)5-11(20)12(21)19-10-3-2-7(14)4-9(10)13(15,16)17/h2-6H,18H2,1H3,(H,19,21). The largest absolute Gasteiger partial charge is 0.418 e. The fourth-order valence-electron chi connectivity index (χ4n) is 1.86. The van der Waals surface area contributed by atoms with E-state index in [1.54, 1.807) is 7.05 Å². The molecule has 0 saturated heterocycles. The molecule has 8 heteroatoms. The SMILES string of the molecule is Cn1cc(N)cc1C(=O)Nc1ccc(Cl)cc1C(F)(F)F. The van der Waals surface area contributed by atoms with Crippen LogP contribution in [-0.4, -0.2) is 10.5 Å². The highest BCUT2D eigenvalue weighted by Gasteiger charge is 2.34. The predicted molar refractivity (Wildman–Crippen MR) is 74.2 cm³/mol. The lowest BCUT2D eigenvalue weighted by Gasteiger charge is -2.14. The highest BCUT2D eigenvalue weighted by molar-refractivity contribution is 6.30. The van der Waals surface area contributed by atoms with E-state index in [-0.39, 0.29) is 16.4 Å². The lowest BCUT2D eigenvalue weighted by molar-refractivity contribution is -0.136. The smallest absolute Gasteiger partial charge is 0.397 e. The first-order valence-corrected chi connectivity index (χ1v) is 6.16. The van der Waals surface area contributed by atoms with E-state index in [2.05, 4.69) is 5.32 Å². The maximum absolute atomic E-state index is 12.9. The number of nitrogens with two attached hydrogens (primary N) is 1. The van der Waals surface area contributed by atoms with Gasteiger partial charge in [-0.05, 0) is 24.3 Å². The van der Waals surface area contributed by atoms with Gasteiger partial charge in [0.15, 0.2) is 0 Å². The first-order valence-electron chi connectivity index (χ1n) is 5.78. The van der Waals surface area contributed by atoms with Crippen LogP contribution in [0.3, 0.4) is 0 Å². The van der Waals surface area contributed by atoms with Crippen LogP contribution < -0.4 is 11.1 Å². The van der Waals surface area contributed by atoms with Crippen molar-refractivity contribution in [3.8, 4) is 0 Å². The summed E-state index contributed by atoms with van der Waals surface area (Å²) in [5.74, 6) is -0.693. The Morgan fingerprint density at radius 3 is 2.52 bits per heavy atom. The molecule has 0 aliphatic rings. The molecule has 21 heavy (non-hydrogen) atoms. The molecule has 1 heterocycles. The number of nitrogens with one attached hydrogen (secondary N) is 1. The van der Waals surface area contributed by atoms with Gasteiger partial charge < -0.3 is 15.6 Å². The molecular weight excluding hydrogens is 307 g/mol. The van der Waals surface area contributed by atoms with Crippen molar-refractivity contribution in [1.82, 2.24) is 4.57 Å². The predicted octanol–water partition coefficient (Wildman–Crippen LogP) is 3.53. The normalized spacial score (nSPS) is 11.5. The molecule has 0 fully saturated rings. The number of carbonyl (C=O) groups is 1. The quantitative estimate of drug-likeness (QED) is 0.890. The molecule has 2 rings (SSSR count). The van der Waals surface area contributed by atoms with Gasteiger partial charge in [-0.3, -0.25) is 4.79 Å². The topological polar surface area (TPSA) is 60.0 Å². The summed E-state index contributed by atoms with van der Waals surface area (Å²) in [6.07, 6.45) is -3.14. The molecule has 0 radical (unpaired) electrons. The summed E-state index contributed by atoms with van der Waals surface area (Å²) >= 11 is 5.57. The average Bonchev–Trinajstić information content (AvgIpc) is 2.69. The minimum atomic E-state index is -4.62. The molecule has 0 bridgehead atoms. The van der Waals surface area contributed by atoms with Crippen molar-refractivity contribution in [3.63, 3.8) is 0 Å². The van der Waals surface area contributed by atoms with Crippen LogP contribution in [0.2, 0.25) is 5.02 Å². The van der Waals surface area contributed by atoms with Crippen LogP contribution in [0.25, 0.3) is 0 Å². The fourth-order valence-corrected chi connectivity index (χ4v) is 2.03. The number of halogens is 4. The van der Waals surface area contributed by atoms with Crippen LogP contribution in [0, 0.1) is 0 Å². The van der Waals surface area contributed by atoms with E-state index in [9.17, 15) is 18.0 Å². The van der Waals surface area contributed by atoms with Gasteiger partial charge >= 0.3 is 6.18 Å². The highest BCUT2D eigenvalue weighted by Crippen LogP contribution is 2.36. The zero-order chi connectivity index (χ0) is 15.8. The molecule has 112 valence electrons. The molecule has 0 aliphatic heterocycles. The lowest BCUT2D eigenvalue weighted by atomic mass is 10.1. The molecule has 0 atom stereocenters. The minimum Gasteiger partial charge on any atom is -0.397 e. The molecule has 0 aliphatic carbocycles. The van der Waals surface area contributed by atoms with Crippen molar-refractivity contribution < 1.29 is 18.0 Å². The number of amides is 1. The second-order valence-electron chi connectivity index (χ2n) is 4.41. The third kappa shape index (κ3) is 3.30. The van der Waals surface area contributed by atoms with Crippen molar-refractivity contribution in [2.75, 3.05) is 11.1 Å². The number of aromatic nitrogens is 1. The number of carbonyl (C=O) groups excluding carboxylic acids is 1. The number of nitrogen functional groups attached to an aromatic ring is 1. The number of hydrogen-bond acceptors (Lipinski definition) is 2. The molecular formula is C13H11ClF3N3O. The summed E-state index contributed by atoms with van der Waals surface area (Å²) in [5.41, 5.74) is 4.65. The number of anilines is 2. The zero-order valence-corrected chi connectivity index (χ0v) is 11.6. The van der Waals surface area contributed by atoms with E-state index in [1.807, 2.05) is 0 Å². The van der Waals surface area contributed by atoms with Gasteiger partial charge in [0.2, 0.25) is 0 Å². The van der Waals surface area contributed by atoms with Gasteiger partial charge in [-0.15, -0.1) is 0 Å². The van der Waals surface area contributed by atoms with E-state index in [1.165, 1.54) is 22.9 Å². The van der Waals surface area contributed by atoms with Crippen molar-refractivity contribution >= 4 is 28.9 Å². The van der Waals surface area contributed by atoms with Gasteiger partial charge in [-0.1, -0.05) is 11.6 Å². The van der Waals surface area contributed by atoms with Gasteiger partial charge in [-0.25, -0.2) is 0 Å². The first-order chi connectivity index (χ1) is 9.68. The minimum absolute atomic E-state index is 0.0663. The van der Waals surface area contributed by atoms with Gasteiger partial charge in [-0.2, -0.15) is 13.2 Å². The van der Waals surface area contributed by atoms with E-state index in [0.29, 0.717) is 5.69 Å². The Bertz CT molecular complexity index is 694. The molecule has 1 aromatic carbocycles. The summed E-state index contributed by atoms with van der Waals surface area (Å²) in [5, 5.41) is 2.15. The van der Waals surface area contributed by atoms with E-state index >= 15 is 0 Å². The Hall–Kier alpha value is -2.15. The molecule has 0 unspecified atom stereocenters. The number of hydrogen-bond donors (Lipinski definition) is 2. The first kappa shape index (κ1) is 15.2. The van der Waals surface area contributed by atoms with Crippen molar-refractivity contribution in [2.24, 2.45) is 7.05 Å². The van der Waals surface area contributed by atoms with Crippen LogP contribution in [0.5, 0.6) is 0 Å². The van der Waals surface area contributed by atoms with Crippen LogP contribution in [-0.2, 0) is 13.2 Å². The van der Waals surface area contributed by atoms with Crippen molar-refractivity contribution in [1.29, 1.82) is 0 Å². The van der Waals surface area contributed by atoms with Crippen LogP contribution in [0.15, 0.2) is 30.5 Å². The van der Waals surface area contributed by atoms with Crippen molar-refractivity contribution in [2.45, 2.75) is 6.18 Å². The van der Waals surface area contributed by atoms with Crippen LogP contribution in [0.4, 0.5) is 24.5 Å². The second-order valence-corrected chi connectivity index (χ2v) is 4.85. The molecule has 3 N–H and O–H groups in total. The third-order valence-electron chi connectivity index (χ3n) is 2.79. The summed E-state index contributed by atoms with van der Waals surface area (Å²) in [7, 11) is 1.57. The monoisotopic (exact) mass is 317 g/mol. The number of nitrogens with zero attached hydrogens (tertiary/aromatic N) is 1. The van der Waals surface area contributed by atoms with Crippen molar-refractivity contribution in [3.05, 3.63) is 46.7 Å². The van der Waals surface area contributed by atoms with E-state index in [4.69, 9.17) is 17.3 Å². The number of alkyl halides is 3. The number of aryl methyl sites for hydroxylation is 1. The zero-order valence-electron chi connectivity index (χ0n) is 10.8. The van der Waals surface area contributed by atoms with Gasteiger partial charge in [0.05, 0.1) is 16.9 Å². The maximum Gasteiger partial charge on any atom is 0.418 e. The lowest BCUT2D eigenvalue weighted by Crippen LogP contribution is -2.18. The molecule has 1 aromatic heterocycles. The molecule has 4 nitrogen and oxygen atoms in total. The molecule has 0 spiro atoms. The van der Waals surface area contributed by atoms with Gasteiger partial charge in [0.1, 0.15) is 5.69 Å². The molecule has 2 aromatic rings. The van der Waals surface area contributed by atoms with E-state index < -0.39 is 17.6 Å². The Balaban J connectivity index is 2.36. The highest BCUT2D eigenvalue weighted by atomic mass is 35.5. The van der Waals surface area contributed by atoms with E-state index in [0.717, 1.165) is 12.1 Å². The summed E-state index contributed by atoms with van der Waals surface area (Å²) < 4.78 is 40.2. The van der Waals surface area contributed by atoms with Gasteiger partial charge in [0.25, 0.3) is 5.91 Å². The number of benzene rings is 1. The molecule has 1 amide bonds. The number of rotatable bonds is 2. The summed E-state index contributed by atoms with van der Waals surface area (Å²) in [6, 6.07) is 4.51. The average molecular weight is 318 g/mol. The molecule has 0 saturated carbocycles. The Morgan fingerprint density at radius 1 is 1.33 bits per heavy atom.